The summed E-state index contributed by atoms with van der Waals surface area (Å²) in [5, 5.41) is 3.69. The average Bonchev–Trinajstić information content (AvgIpc) is 2.49. The second-order valence-electron chi connectivity index (χ2n) is 5.32. The number of aryl methyl sites for hydroxylation is 1. The highest BCUT2D eigenvalue weighted by Gasteiger charge is 2.09. The van der Waals surface area contributed by atoms with Crippen molar-refractivity contribution in [1.29, 1.82) is 0 Å². The summed E-state index contributed by atoms with van der Waals surface area (Å²) in [6.07, 6.45) is 0. The first kappa shape index (κ1) is 16.9. The number of benzene rings is 2. The molecule has 1 N–H and O–H groups in total. The maximum absolute atomic E-state index is 12.0. The van der Waals surface area contributed by atoms with Gasteiger partial charge in [-0.15, -0.1) is 11.8 Å². The molecular weight excluding hydrogens is 314 g/mol. The zero-order valence-electron chi connectivity index (χ0n) is 12.8. The van der Waals surface area contributed by atoms with Crippen LogP contribution in [0.5, 0.6) is 0 Å². The molecular formula is C18H20ClNOS. The lowest BCUT2D eigenvalue weighted by Gasteiger charge is -2.14. The standard InChI is InChI=1S/C18H20ClNOS/c1-13-6-8-15(9-7-13)11-22-12-18(21)20-14(2)16-4-3-5-17(19)10-16/h3-10,14H,11-12H2,1-2H3,(H,20,21). The van der Waals surface area contributed by atoms with Crippen LogP contribution in [0.4, 0.5) is 0 Å². The van der Waals surface area contributed by atoms with E-state index in [0.717, 1.165) is 11.3 Å². The monoisotopic (exact) mass is 333 g/mol. The van der Waals surface area contributed by atoms with E-state index in [-0.39, 0.29) is 11.9 Å². The fraction of sp³-hybridized carbons (Fsp3) is 0.278. The summed E-state index contributed by atoms with van der Waals surface area (Å²) in [6.45, 7) is 4.04. The SMILES string of the molecule is Cc1ccc(CSCC(=O)NC(C)c2cccc(Cl)c2)cc1. The molecule has 22 heavy (non-hydrogen) atoms. The van der Waals surface area contributed by atoms with Crippen molar-refractivity contribution in [2.45, 2.75) is 25.6 Å². The van der Waals surface area contributed by atoms with Crippen molar-refractivity contribution < 1.29 is 4.79 Å². The molecule has 2 rings (SSSR count). The Hall–Kier alpha value is -1.45. The normalized spacial score (nSPS) is 12.0. The number of carbonyl (C=O) groups excluding carboxylic acids is 1. The molecule has 0 radical (unpaired) electrons. The van der Waals surface area contributed by atoms with Gasteiger partial charge >= 0.3 is 0 Å². The Labute approximate surface area is 141 Å². The van der Waals surface area contributed by atoms with Crippen molar-refractivity contribution in [2.24, 2.45) is 0 Å². The van der Waals surface area contributed by atoms with Gasteiger partial charge in [0.15, 0.2) is 0 Å². The van der Waals surface area contributed by atoms with Crippen molar-refractivity contribution in [1.82, 2.24) is 5.32 Å². The third kappa shape index (κ3) is 5.39. The van der Waals surface area contributed by atoms with Crippen molar-refractivity contribution in [3.63, 3.8) is 0 Å². The number of hydrogen-bond donors (Lipinski definition) is 1. The lowest BCUT2D eigenvalue weighted by atomic mass is 10.1. The van der Waals surface area contributed by atoms with Gasteiger partial charge in [-0.2, -0.15) is 0 Å². The molecule has 2 nitrogen and oxygen atoms in total. The van der Waals surface area contributed by atoms with Crippen LogP contribution in [0.2, 0.25) is 5.02 Å². The zero-order valence-corrected chi connectivity index (χ0v) is 14.4. The number of nitrogens with one attached hydrogen (secondary N) is 1. The number of hydrogen-bond acceptors (Lipinski definition) is 2. The Kier molecular flexibility index (Phi) is 6.34. The summed E-state index contributed by atoms with van der Waals surface area (Å²) >= 11 is 7.59. The topological polar surface area (TPSA) is 29.1 Å². The quantitative estimate of drug-likeness (QED) is 0.825. The number of carbonyl (C=O) groups is 1. The second-order valence-corrected chi connectivity index (χ2v) is 6.74. The first-order chi connectivity index (χ1) is 10.5. The van der Waals surface area contributed by atoms with Gasteiger partial charge in [0.25, 0.3) is 0 Å². The number of rotatable bonds is 6. The molecule has 0 fully saturated rings. The minimum absolute atomic E-state index is 0.0359. The minimum Gasteiger partial charge on any atom is -0.349 e. The van der Waals surface area contributed by atoms with E-state index in [2.05, 4.69) is 36.5 Å². The highest BCUT2D eigenvalue weighted by Crippen LogP contribution is 2.18. The molecule has 1 amide bonds. The average molecular weight is 334 g/mol. The van der Waals surface area contributed by atoms with Crippen LogP contribution in [0.15, 0.2) is 48.5 Å². The molecule has 2 aromatic carbocycles. The molecule has 0 heterocycles. The summed E-state index contributed by atoms with van der Waals surface area (Å²) in [5.74, 6) is 1.35. The molecule has 0 aliphatic rings. The molecule has 0 aliphatic carbocycles. The Morgan fingerprint density at radius 1 is 1.23 bits per heavy atom. The third-order valence-electron chi connectivity index (χ3n) is 3.35. The van der Waals surface area contributed by atoms with Gasteiger partial charge in [-0.25, -0.2) is 0 Å². The zero-order chi connectivity index (χ0) is 15.9. The van der Waals surface area contributed by atoms with Crippen LogP contribution in [0.1, 0.15) is 29.7 Å². The van der Waals surface area contributed by atoms with Crippen LogP contribution in [0.3, 0.4) is 0 Å². The summed E-state index contributed by atoms with van der Waals surface area (Å²) in [4.78, 5) is 12.0. The van der Waals surface area contributed by atoms with Gasteiger partial charge in [-0.3, -0.25) is 4.79 Å². The van der Waals surface area contributed by atoms with E-state index in [1.807, 2.05) is 31.2 Å². The van der Waals surface area contributed by atoms with E-state index >= 15 is 0 Å². The molecule has 1 unspecified atom stereocenters. The molecule has 0 bridgehead atoms. The second kappa shape index (κ2) is 8.25. The summed E-state index contributed by atoms with van der Waals surface area (Å²) in [6, 6.07) is 15.9. The van der Waals surface area contributed by atoms with Crippen molar-refractivity contribution in [2.75, 3.05) is 5.75 Å². The first-order valence-corrected chi connectivity index (χ1v) is 8.76. The van der Waals surface area contributed by atoms with Crippen molar-refractivity contribution in [3.8, 4) is 0 Å². The Morgan fingerprint density at radius 2 is 1.95 bits per heavy atom. The molecule has 1 atom stereocenters. The van der Waals surface area contributed by atoms with Gasteiger partial charge in [0.2, 0.25) is 5.91 Å². The Balaban J connectivity index is 1.76. The van der Waals surface area contributed by atoms with E-state index in [1.165, 1.54) is 11.1 Å². The van der Waals surface area contributed by atoms with Gasteiger partial charge in [-0.1, -0.05) is 53.6 Å². The number of thioether (sulfide) groups is 1. The smallest absolute Gasteiger partial charge is 0.230 e. The third-order valence-corrected chi connectivity index (χ3v) is 4.59. The van der Waals surface area contributed by atoms with Crippen LogP contribution in [0.25, 0.3) is 0 Å². The van der Waals surface area contributed by atoms with Crippen LogP contribution in [-0.4, -0.2) is 11.7 Å². The van der Waals surface area contributed by atoms with Crippen LogP contribution in [0, 0.1) is 6.92 Å². The summed E-state index contributed by atoms with van der Waals surface area (Å²) in [7, 11) is 0. The fourth-order valence-electron chi connectivity index (χ4n) is 2.09. The highest BCUT2D eigenvalue weighted by molar-refractivity contribution is 7.99. The van der Waals surface area contributed by atoms with E-state index < -0.39 is 0 Å². The minimum atomic E-state index is -0.0359. The first-order valence-electron chi connectivity index (χ1n) is 7.22. The van der Waals surface area contributed by atoms with Gasteiger partial charge in [0.1, 0.15) is 0 Å². The largest absolute Gasteiger partial charge is 0.349 e. The van der Waals surface area contributed by atoms with Gasteiger partial charge in [0, 0.05) is 10.8 Å². The predicted octanol–water partition coefficient (Wildman–Crippen LogP) is 4.76. The molecule has 116 valence electrons. The van der Waals surface area contributed by atoms with E-state index in [1.54, 1.807) is 11.8 Å². The molecule has 4 heteroatoms. The van der Waals surface area contributed by atoms with Crippen LogP contribution >= 0.6 is 23.4 Å². The van der Waals surface area contributed by atoms with Gasteiger partial charge in [0.05, 0.1) is 11.8 Å². The number of amides is 1. The predicted molar refractivity (Wildman–Crippen MR) is 95.4 cm³/mol. The van der Waals surface area contributed by atoms with Crippen molar-refractivity contribution >= 4 is 29.3 Å². The van der Waals surface area contributed by atoms with Gasteiger partial charge < -0.3 is 5.32 Å². The molecule has 0 saturated carbocycles. The fourth-order valence-corrected chi connectivity index (χ4v) is 3.09. The van der Waals surface area contributed by atoms with E-state index in [0.29, 0.717) is 10.8 Å². The molecule has 0 spiro atoms. The van der Waals surface area contributed by atoms with E-state index in [9.17, 15) is 4.79 Å². The number of halogens is 1. The maximum atomic E-state index is 12.0. The van der Waals surface area contributed by atoms with Crippen LogP contribution < -0.4 is 5.32 Å². The Bertz CT molecular complexity index is 627. The Morgan fingerprint density at radius 3 is 2.64 bits per heavy atom. The van der Waals surface area contributed by atoms with Gasteiger partial charge in [-0.05, 0) is 37.1 Å². The van der Waals surface area contributed by atoms with Crippen LogP contribution in [-0.2, 0) is 10.5 Å². The summed E-state index contributed by atoms with van der Waals surface area (Å²) < 4.78 is 0. The molecule has 2 aromatic rings. The lowest BCUT2D eigenvalue weighted by molar-refractivity contribution is -0.119. The maximum Gasteiger partial charge on any atom is 0.230 e. The molecule has 0 aromatic heterocycles. The summed E-state index contributed by atoms with van der Waals surface area (Å²) in [5.41, 5.74) is 3.51. The highest BCUT2D eigenvalue weighted by atomic mass is 35.5. The van der Waals surface area contributed by atoms with E-state index in [4.69, 9.17) is 11.6 Å². The molecule has 0 aliphatic heterocycles. The lowest BCUT2D eigenvalue weighted by Crippen LogP contribution is -2.28. The van der Waals surface area contributed by atoms with Crippen molar-refractivity contribution in [3.05, 3.63) is 70.2 Å². The molecule has 0 saturated heterocycles.